The van der Waals surface area contributed by atoms with Crippen molar-refractivity contribution in [1.82, 2.24) is 9.55 Å². The molecule has 0 amide bonds. The number of nitrogens with zero attached hydrogens (tertiary/aromatic N) is 2. The molecule has 1 aliphatic rings. The second kappa shape index (κ2) is 10.3. The highest BCUT2D eigenvalue weighted by atomic mass is 16.5. The number of hydrogen-bond acceptors (Lipinski definition) is 4. The number of benzene rings is 3. The van der Waals surface area contributed by atoms with Crippen molar-refractivity contribution < 1.29 is 14.3 Å². The zero-order valence-electron chi connectivity index (χ0n) is 20.5. The van der Waals surface area contributed by atoms with E-state index in [4.69, 9.17) is 9.72 Å². The van der Waals surface area contributed by atoms with Crippen LogP contribution in [0.2, 0.25) is 0 Å². The lowest BCUT2D eigenvalue weighted by Gasteiger charge is -2.40. The summed E-state index contributed by atoms with van der Waals surface area (Å²) in [5.41, 5.74) is 3.40. The fraction of sp³-hybridized carbons (Fsp3) is 0.258. The van der Waals surface area contributed by atoms with Crippen LogP contribution >= 0.6 is 0 Å². The molecule has 1 aliphatic carbocycles. The van der Waals surface area contributed by atoms with Crippen LogP contribution in [-0.4, -0.2) is 28.4 Å². The van der Waals surface area contributed by atoms with Crippen molar-refractivity contribution in [3.8, 4) is 0 Å². The molecule has 0 spiro atoms. The van der Waals surface area contributed by atoms with Crippen LogP contribution in [0.4, 0.5) is 0 Å². The summed E-state index contributed by atoms with van der Waals surface area (Å²) in [5, 5.41) is 0. The Hall–Kier alpha value is -3.99. The van der Waals surface area contributed by atoms with Gasteiger partial charge in [0, 0.05) is 30.4 Å². The molecule has 0 aliphatic heterocycles. The first-order valence-electron chi connectivity index (χ1n) is 12.4. The molecular weight excluding hydrogens is 448 g/mol. The van der Waals surface area contributed by atoms with Crippen LogP contribution in [0.1, 0.15) is 63.4 Å². The quantitative estimate of drug-likeness (QED) is 0.239. The lowest BCUT2D eigenvalue weighted by Crippen LogP contribution is -2.37. The van der Waals surface area contributed by atoms with Crippen molar-refractivity contribution >= 4 is 11.8 Å². The number of carbonyl (C=O) groups is 2. The molecule has 0 radical (unpaired) electrons. The first-order valence-corrected chi connectivity index (χ1v) is 12.4. The summed E-state index contributed by atoms with van der Waals surface area (Å²) in [6, 6.07) is 27.7. The monoisotopic (exact) mass is 478 g/mol. The number of rotatable bonds is 7. The molecule has 5 rings (SSSR count). The summed E-state index contributed by atoms with van der Waals surface area (Å²) in [6.45, 7) is 0.651. The predicted octanol–water partition coefficient (Wildman–Crippen LogP) is 6.08. The lowest BCUT2D eigenvalue weighted by molar-refractivity contribution is 0.0600. The molecule has 3 aromatic carbocycles. The van der Waals surface area contributed by atoms with Gasteiger partial charge in [-0.05, 0) is 48.9 Å². The topological polar surface area (TPSA) is 61.2 Å². The van der Waals surface area contributed by atoms with Gasteiger partial charge in [0.05, 0.1) is 18.1 Å². The Morgan fingerprint density at radius 2 is 1.53 bits per heavy atom. The maximum atomic E-state index is 13.2. The summed E-state index contributed by atoms with van der Waals surface area (Å²) in [7, 11) is 1.39. The molecule has 1 heterocycles. The SMILES string of the molecule is COC(=O)c1ccc(Cn2ccnc2C2(c3ccccc3)CCC(C(=O)c3ccccc3)CC2)cc1. The van der Waals surface area contributed by atoms with Crippen molar-refractivity contribution in [3.05, 3.63) is 125 Å². The molecule has 36 heavy (non-hydrogen) atoms. The third kappa shape index (κ3) is 4.61. The van der Waals surface area contributed by atoms with Gasteiger partial charge in [0.15, 0.2) is 5.78 Å². The van der Waals surface area contributed by atoms with Gasteiger partial charge in [0.2, 0.25) is 0 Å². The van der Waals surface area contributed by atoms with Gasteiger partial charge in [0.1, 0.15) is 5.82 Å². The maximum absolute atomic E-state index is 13.2. The number of imidazole rings is 1. The van der Waals surface area contributed by atoms with Crippen molar-refractivity contribution in [3.63, 3.8) is 0 Å². The normalized spacial score (nSPS) is 19.5. The number of hydrogen-bond donors (Lipinski definition) is 0. The van der Waals surface area contributed by atoms with E-state index < -0.39 is 0 Å². The number of carbonyl (C=O) groups excluding carboxylic acids is 2. The molecule has 0 bridgehead atoms. The minimum atomic E-state index is -0.338. The van der Waals surface area contributed by atoms with Gasteiger partial charge >= 0.3 is 5.97 Å². The minimum Gasteiger partial charge on any atom is -0.465 e. The Labute approximate surface area is 211 Å². The van der Waals surface area contributed by atoms with Crippen LogP contribution < -0.4 is 0 Å². The number of esters is 1. The highest BCUT2D eigenvalue weighted by molar-refractivity contribution is 5.97. The Balaban J connectivity index is 1.43. The second-order valence-corrected chi connectivity index (χ2v) is 9.52. The van der Waals surface area contributed by atoms with E-state index in [9.17, 15) is 9.59 Å². The molecule has 0 N–H and O–H groups in total. The van der Waals surface area contributed by atoms with E-state index in [2.05, 4.69) is 28.8 Å². The average Bonchev–Trinajstić information content (AvgIpc) is 3.42. The maximum Gasteiger partial charge on any atom is 0.337 e. The number of Topliss-reactive ketones (excluding diaryl/α,β-unsaturated/α-hetero) is 1. The van der Waals surface area contributed by atoms with E-state index in [1.165, 1.54) is 12.7 Å². The fourth-order valence-corrected chi connectivity index (χ4v) is 5.53. The van der Waals surface area contributed by atoms with Crippen molar-refractivity contribution in [1.29, 1.82) is 0 Å². The number of ketones is 1. The van der Waals surface area contributed by atoms with Crippen LogP contribution in [0.25, 0.3) is 0 Å². The molecule has 0 unspecified atom stereocenters. The third-order valence-corrected chi connectivity index (χ3v) is 7.47. The number of methoxy groups -OCH3 is 1. The van der Waals surface area contributed by atoms with E-state index >= 15 is 0 Å². The van der Waals surface area contributed by atoms with Gasteiger partial charge in [-0.25, -0.2) is 9.78 Å². The van der Waals surface area contributed by atoms with Crippen LogP contribution in [0.3, 0.4) is 0 Å². The van der Waals surface area contributed by atoms with Crippen LogP contribution in [0, 0.1) is 5.92 Å². The number of aromatic nitrogens is 2. The van der Waals surface area contributed by atoms with E-state index in [1.807, 2.05) is 60.9 Å². The van der Waals surface area contributed by atoms with Crippen molar-refractivity contribution in [2.75, 3.05) is 7.11 Å². The molecular formula is C31H30N2O3. The van der Waals surface area contributed by atoms with E-state index in [-0.39, 0.29) is 23.1 Å². The summed E-state index contributed by atoms with van der Waals surface area (Å²) in [5.74, 6) is 0.955. The Bertz CT molecular complexity index is 1320. The van der Waals surface area contributed by atoms with Crippen LogP contribution in [0.5, 0.6) is 0 Å². The molecule has 0 saturated heterocycles. The molecule has 1 aromatic heterocycles. The van der Waals surface area contributed by atoms with Crippen LogP contribution in [-0.2, 0) is 16.7 Å². The van der Waals surface area contributed by atoms with Gasteiger partial charge in [-0.1, -0.05) is 72.8 Å². The average molecular weight is 479 g/mol. The highest BCUT2D eigenvalue weighted by Crippen LogP contribution is 2.46. The zero-order chi connectivity index (χ0) is 25.0. The van der Waals surface area contributed by atoms with Gasteiger partial charge in [-0.2, -0.15) is 0 Å². The molecule has 5 heteroatoms. The molecule has 0 atom stereocenters. The first kappa shape index (κ1) is 23.7. The molecule has 182 valence electrons. The zero-order valence-corrected chi connectivity index (χ0v) is 20.5. The highest BCUT2D eigenvalue weighted by Gasteiger charge is 2.43. The molecule has 5 nitrogen and oxygen atoms in total. The third-order valence-electron chi connectivity index (χ3n) is 7.47. The Kier molecular flexibility index (Phi) is 6.81. The second-order valence-electron chi connectivity index (χ2n) is 9.52. The van der Waals surface area contributed by atoms with E-state index in [0.29, 0.717) is 12.1 Å². The van der Waals surface area contributed by atoms with Crippen molar-refractivity contribution in [2.24, 2.45) is 5.92 Å². The Morgan fingerprint density at radius 3 is 2.17 bits per heavy atom. The van der Waals surface area contributed by atoms with E-state index in [1.54, 1.807) is 12.1 Å². The largest absolute Gasteiger partial charge is 0.465 e. The van der Waals surface area contributed by atoms with E-state index in [0.717, 1.165) is 42.6 Å². The lowest BCUT2D eigenvalue weighted by atomic mass is 9.65. The van der Waals surface area contributed by atoms with Crippen molar-refractivity contribution in [2.45, 2.75) is 37.6 Å². The summed E-state index contributed by atoms with van der Waals surface area (Å²) in [6.07, 6.45) is 7.25. The van der Waals surface area contributed by atoms with Gasteiger partial charge < -0.3 is 9.30 Å². The molecule has 1 saturated carbocycles. The summed E-state index contributed by atoms with van der Waals surface area (Å²) in [4.78, 5) is 29.9. The summed E-state index contributed by atoms with van der Waals surface area (Å²) >= 11 is 0. The summed E-state index contributed by atoms with van der Waals surface area (Å²) < 4.78 is 7.03. The Morgan fingerprint density at radius 1 is 0.889 bits per heavy atom. The van der Waals surface area contributed by atoms with Crippen LogP contribution in [0.15, 0.2) is 97.3 Å². The minimum absolute atomic E-state index is 0.0264. The predicted molar refractivity (Wildman–Crippen MR) is 139 cm³/mol. The smallest absolute Gasteiger partial charge is 0.337 e. The standard InChI is InChI=1S/C31H30N2O3/c1-36-29(35)26-14-12-23(13-15-26)22-33-21-20-32-30(33)31(27-10-6-3-7-11-27)18-16-25(17-19-31)28(34)24-8-4-2-5-9-24/h2-15,20-21,25H,16-19,22H2,1H3. The molecule has 1 fully saturated rings. The fourth-order valence-electron chi connectivity index (χ4n) is 5.53. The van der Waals surface area contributed by atoms with Gasteiger partial charge in [0.25, 0.3) is 0 Å². The number of ether oxygens (including phenoxy) is 1. The van der Waals surface area contributed by atoms with Gasteiger partial charge in [-0.15, -0.1) is 0 Å². The molecule has 4 aromatic rings. The van der Waals surface area contributed by atoms with Gasteiger partial charge in [-0.3, -0.25) is 4.79 Å². The first-order chi connectivity index (χ1) is 17.6.